The summed E-state index contributed by atoms with van der Waals surface area (Å²) >= 11 is 6.19. The van der Waals surface area contributed by atoms with Gasteiger partial charge in [-0.15, -0.1) is 0 Å². The number of pyridine rings is 1. The summed E-state index contributed by atoms with van der Waals surface area (Å²) in [4.78, 5) is 24.2. The van der Waals surface area contributed by atoms with Crippen LogP contribution >= 0.6 is 11.6 Å². The second kappa shape index (κ2) is 7.21. The van der Waals surface area contributed by atoms with Gasteiger partial charge in [-0.2, -0.15) is 0 Å². The molecule has 0 saturated carbocycles. The van der Waals surface area contributed by atoms with Crippen LogP contribution in [-0.4, -0.2) is 47.1 Å². The molecule has 1 amide bonds. The van der Waals surface area contributed by atoms with Gasteiger partial charge in [-0.05, 0) is 30.7 Å². The molecule has 8 heteroatoms. The molecule has 2 N–H and O–H groups in total. The van der Waals surface area contributed by atoms with Crippen molar-refractivity contribution in [3.8, 4) is 11.4 Å². The fraction of sp³-hybridized carbons (Fsp3) is 0.375. The van der Waals surface area contributed by atoms with Crippen LogP contribution in [-0.2, 0) is 4.74 Å². The van der Waals surface area contributed by atoms with E-state index in [9.17, 15) is 4.79 Å². The van der Waals surface area contributed by atoms with Crippen molar-refractivity contribution < 1.29 is 9.53 Å². The zero-order valence-corrected chi connectivity index (χ0v) is 14.2. The number of nitrogens with zero attached hydrogens (tertiary/aromatic N) is 3. The van der Waals surface area contributed by atoms with E-state index in [-0.39, 0.29) is 23.7 Å². The molecule has 1 aliphatic heterocycles. The molecular formula is C16H18ClN5O2. The molecule has 1 fully saturated rings. The number of morpholine rings is 1. The largest absolute Gasteiger partial charge is 0.371 e. The Hall–Kier alpha value is -2.09. The molecule has 2 aromatic rings. The lowest BCUT2D eigenvalue weighted by Gasteiger charge is -2.30. The molecule has 0 spiro atoms. The maximum absolute atomic E-state index is 11.7. The smallest absolute Gasteiger partial charge is 0.269 e. The van der Waals surface area contributed by atoms with Gasteiger partial charge in [0.2, 0.25) is 0 Å². The zero-order valence-electron chi connectivity index (χ0n) is 13.4. The van der Waals surface area contributed by atoms with Crippen molar-refractivity contribution in [1.29, 1.82) is 0 Å². The third-order valence-electron chi connectivity index (χ3n) is 3.85. The van der Waals surface area contributed by atoms with Gasteiger partial charge >= 0.3 is 0 Å². The molecule has 0 aliphatic carbocycles. The molecule has 0 bridgehead atoms. The Morgan fingerprint density at radius 1 is 1.33 bits per heavy atom. The van der Waals surface area contributed by atoms with Crippen molar-refractivity contribution in [2.24, 2.45) is 0 Å². The number of carbonyl (C=O) groups excluding carboxylic acids is 1. The third kappa shape index (κ3) is 3.53. The van der Waals surface area contributed by atoms with E-state index in [1.807, 2.05) is 6.07 Å². The molecule has 3 rings (SSSR count). The number of halogens is 1. The van der Waals surface area contributed by atoms with Crippen LogP contribution in [0, 0.1) is 0 Å². The Morgan fingerprint density at radius 2 is 2.17 bits per heavy atom. The number of rotatable bonds is 3. The topological polar surface area (TPSA) is 89.0 Å². The van der Waals surface area contributed by atoms with Gasteiger partial charge in [0.1, 0.15) is 17.2 Å². The third-order valence-corrected chi connectivity index (χ3v) is 4.05. The summed E-state index contributed by atoms with van der Waals surface area (Å²) in [7, 11) is 1.55. The minimum atomic E-state index is -0.283. The van der Waals surface area contributed by atoms with Gasteiger partial charge in [0, 0.05) is 19.6 Å². The highest BCUT2D eigenvalue weighted by molar-refractivity contribution is 6.29. The van der Waals surface area contributed by atoms with Crippen LogP contribution in [0.4, 0.5) is 0 Å². The molecule has 3 heterocycles. The lowest BCUT2D eigenvalue weighted by molar-refractivity contribution is -0.000236. The van der Waals surface area contributed by atoms with E-state index >= 15 is 0 Å². The number of amides is 1. The first-order valence-corrected chi connectivity index (χ1v) is 8.03. The minimum Gasteiger partial charge on any atom is -0.371 e. The maximum atomic E-state index is 11.7. The average Bonchev–Trinajstić information content (AvgIpc) is 2.61. The molecule has 0 unspecified atom stereocenters. The van der Waals surface area contributed by atoms with Crippen molar-refractivity contribution in [3.63, 3.8) is 0 Å². The number of aromatic nitrogens is 3. The van der Waals surface area contributed by atoms with E-state index in [2.05, 4.69) is 32.5 Å². The van der Waals surface area contributed by atoms with E-state index < -0.39 is 0 Å². The Labute approximate surface area is 144 Å². The fourth-order valence-corrected chi connectivity index (χ4v) is 2.89. The average molecular weight is 348 g/mol. The molecule has 126 valence electrons. The number of carbonyl (C=O) groups is 1. The SMILES string of the molecule is CNC(=O)c1cc(-c2cc([C@@H]3OCCN[C@H]3C)cc(Cl)n2)ncn1. The van der Waals surface area contributed by atoms with Gasteiger partial charge in [0.25, 0.3) is 5.91 Å². The van der Waals surface area contributed by atoms with Gasteiger partial charge < -0.3 is 15.4 Å². The quantitative estimate of drug-likeness (QED) is 0.820. The second-order valence-electron chi connectivity index (χ2n) is 5.51. The molecular weight excluding hydrogens is 330 g/mol. The normalized spacial score (nSPS) is 20.6. The van der Waals surface area contributed by atoms with Crippen molar-refractivity contribution >= 4 is 17.5 Å². The van der Waals surface area contributed by atoms with E-state index in [4.69, 9.17) is 16.3 Å². The van der Waals surface area contributed by atoms with Crippen molar-refractivity contribution in [1.82, 2.24) is 25.6 Å². The predicted octanol–water partition coefficient (Wildman–Crippen LogP) is 1.60. The highest BCUT2D eigenvalue weighted by atomic mass is 35.5. The van der Waals surface area contributed by atoms with Crippen LogP contribution in [0.15, 0.2) is 24.5 Å². The van der Waals surface area contributed by atoms with Gasteiger partial charge in [-0.25, -0.2) is 15.0 Å². The monoisotopic (exact) mass is 347 g/mol. The van der Waals surface area contributed by atoms with Crippen molar-refractivity contribution in [2.45, 2.75) is 19.1 Å². The summed E-state index contributed by atoms with van der Waals surface area (Å²) in [5.41, 5.74) is 2.30. The van der Waals surface area contributed by atoms with Crippen LogP contribution in [0.3, 0.4) is 0 Å². The second-order valence-corrected chi connectivity index (χ2v) is 5.90. The predicted molar refractivity (Wildman–Crippen MR) is 89.8 cm³/mol. The summed E-state index contributed by atoms with van der Waals surface area (Å²) in [5.74, 6) is -0.283. The molecule has 7 nitrogen and oxygen atoms in total. The highest BCUT2D eigenvalue weighted by Gasteiger charge is 2.24. The first kappa shape index (κ1) is 16.8. The van der Waals surface area contributed by atoms with Gasteiger partial charge in [0.05, 0.1) is 24.1 Å². The molecule has 0 radical (unpaired) electrons. The standard InChI is InChI=1S/C16H18ClN5O2/c1-9-15(24-4-3-19-9)10-5-12(22-14(17)6-10)11-7-13(16(23)18-2)21-8-20-11/h5-9,15,19H,3-4H2,1-2H3,(H,18,23)/t9-,15+/m0/s1. The van der Waals surface area contributed by atoms with E-state index in [1.54, 1.807) is 19.2 Å². The molecule has 2 atom stereocenters. The lowest BCUT2D eigenvalue weighted by atomic mass is 10.0. The highest BCUT2D eigenvalue weighted by Crippen LogP contribution is 2.28. The first-order valence-electron chi connectivity index (χ1n) is 7.65. The summed E-state index contributed by atoms with van der Waals surface area (Å²) in [6.07, 6.45) is 1.22. The zero-order chi connectivity index (χ0) is 17.1. The van der Waals surface area contributed by atoms with Gasteiger partial charge in [-0.3, -0.25) is 4.79 Å². The minimum absolute atomic E-state index is 0.113. The number of hydrogen-bond acceptors (Lipinski definition) is 6. The van der Waals surface area contributed by atoms with Gasteiger partial charge in [0.15, 0.2) is 0 Å². The first-order chi connectivity index (χ1) is 11.6. The summed E-state index contributed by atoms with van der Waals surface area (Å²) in [6.45, 7) is 3.52. The Balaban J connectivity index is 1.98. The van der Waals surface area contributed by atoms with Crippen LogP contribution in [0.5, 0.6) is 0 Å². The maximum Gasteiger partial charge on any atom is 0.269 e. The lowest BCUT2D eigenvalue weighted by Crippen LogP contribution is -2.41. The number of ether oxygens (including phenoxy) is 1. The molecule has 1 aliphatic rings. The molecule has 2 aromatic heterocycles. The van der Waals surface area contributed by atoms with Crippen LogP contribution in [0.2, 0.25) is 5.15 Å². The van der Waals surface area contributed by atoms with Crippen LogP contribution < -0.4 is 10.6 Å². The fourth-order valence-electron chi connectivity index (χ4n) is 2.67. The van der Waals surface area contributed by atoms with Gasteiger partial charge in [-0.1, -0.05) is 11.6 Å². The van der Waals surface area contributed by atoms with Crippen molar-refractivity contribution in [3.05, 3.63) is 40.9 Å². The number of hydrogen-bond donors (Lipinski definition) is 2. The molecule has 24 heavy (non-hydrogen) atoms. The Morgan fingerprint density at radius 3 is 2.92 bits per heavy atom. The summed E-state index contributed by atoms with van der Waals surface area (Å²) < 4.78 is 5.86. The Kier molecular flexibility index (Phi) is 5.03. The molecule has 1 saturated heterocycles. The summed E-state index contributed by atoms with van der Waals surface area (Å²) in [5, 5.41) is 6.26. The van der Waals surface area contributed by atoms with E-state index in [0.29, 0.717) is 23.1 Å². The van der Waals surface area contributed by atoms with Crippen LogP contribution in [0.1, 0.15) is 29.1 Å². The van der Waals surface area contributed by atoms with Crippen molar-refractivity contribution in [2.75, 3.05) is 20.2 Å². The Bertz CT molecular complexity index is 755. The van der Waals surface area contributed by atoms with E-state index in [1.165, 1.54) is 6.33 Å². The van der Waals surface area contributed by atoms with E-state index in [0.717, 1.165) is 12.1 Å². The summed E-state index contributed by atoms with van der Waals surface area (Å²) in [6, 6.07) is 5.43. The molecule has 0 aromatic carbocycles. The van der Waals surface area contributed by atoms with Crippen LogP contribution in [0.25, 0.3) is 11.4 Å². The number of nitrogens with one attached hydrogen (secondary N) is 2.